The Kier molecular flexibility index (Phi) is 3.66. The Bertz CT molecular complexity index is 445. The van der Waals surface area contributed by atoms with Gasteiger partial charge in [-0.1, -0.05) is 12.1 Å². The molecule has 1 N–H and O–H groups in total. The monoisotopic (exact) mass is 251 g/mol. The Hall–Kier alpha value is -1.42. The molecule has 1 unspecified atom stereocenters. The summed E-state index contributed by atoms with van der Waals surface area (Å²) in [5.74, 6) is -0.705. The molecular weight excluding hydrogens is 233 g/mol. The highest BCUT2D eigenvalue weighted by atomic mass is 19.1. The lowest BCUT2D eigenvalue weighted by molar-refractivity contribution is -0.151. The number of halogens is 1. The highest BCUT2D eigenvalue weighted by molar-refractivity contribution is 5.82. The smallest absolute Gasteiger partial charge is 0.330 e. The summed E-state index contributed by atoms with van der Waals surface area (Å²) in [6.07, 6.45) is 2.09. The van der Waals surface area contributed by atoms with Gasteiger partial charge in [0.1, 0.15) is 11.4 Å². The first-order valence-corrected chi connectivity index (χ1v) is 6.27. The van der Waals surface area contributed by atoms with Crippen molar-refractivity contribution >= 4 is 5.97 Å². The van der Waals surface area contributed by atoms with Crippen molar-refractivity contribution in [2.45, 2.75) is 38.3 Å². The standard InChI is InChI=1S/C14H18FNO2/c1-3-18-13(17)14(2,16-12-7-8-12)10-5-4-6-11(15)9-10/h4-6,9,12,16H,3,7-8H2,1-2H3. The van der Waals surface area contributed by atoms with E-state index in [1.807, 2.05) is 0 Å². The molecule has 1 aliphatic rings. The molecule has 1 fully saturated rings. The third-order valence-electron chi connectivity index (χ3n) is 3.16. The Labute approximate surface area is 106 Å². The first kappa shape index (κ1) is 13.0. The van der Waals surface area contributed by atoms with Crippen LogP contribution in [0, 0.1) is 5.82 Å². The van der Waals surface area contributed by atoms with Crippen molar-refractivity contribution in [3.05, 3.63) is 35.6 Å². The number of carbonyl (C=O) groups excluding carboxylic acids is 1. The number of hydrogen-bond donors (Lipinski definition) is 1. The minimum Gasteiger partial charge on any atom is -0.464 e. The Morgan fingerprint density at radius 3 is 2.83 bits per heavy atom. The van der Waals surface area contributed by atoms with Crippen LogP contribution in [0.3, 0.4) is 0 Å². The fourth-order valence-corrected chi connectivity index (χ4v) is 1.97. The van der Waals surface area contributed by atoms with Crippen LogP contribution >= 0.6 is 0 Å². The second-order valence-corrected chi connectivity index (χ2v) is 4.77. The SMILES string of the molecule is CCOC(=O)C(C)(NC1CC1)c1cccc(F)c1. The summed E-state index contributed by atoms with van der Waals surface area (Å²) in [6.45, 7) is 3.83. The maximum Gasteiger partial charge on any atom is 0.330 e. The second kappa shape index (κ2) is 5.06. The van der Waals surface area contributed by atoms with Crippen LogP contribution in [0.1, 0.15) is 32.3 Å². The van der Waals surface area contributed by atoms with Gasteiger partial charge in [0.25, 0.3) is 0 Å². The number of ether oxygens (including phenoxy) is 1. The molecule has 1 aliphatic carbocycles. The summed E-state index contributed by atoms with van der Waals surface area (Å²) in [5.41, 5.74) is -0.368. The van der Waals surface area contributed by atoms with E-state index in [1.54, 1.807) is 26.0 Å². The van der Waals surface area contributed by atoms with Gasteiger partial charge in [0.05, 0.1) is 6.61 Å². The molecule has 0 heterocycles. The fraction of sp³-hybridized carbons (Fsp3) is 0.500. The minimum absolute atomic E-state index is 0.316. The zero-order chi connectivity index (χ0) is 13.2. The molecule has 1 aromatic rings. The van der Waals surface area contributed by atoms with Gasteiger partial charge in [-0.15, -0.1) is 0 Å². The van der Waals surface area contributed by atoms with Crippen LogP contribution in [0.5, 0.6) is 0 Å². The van der Waals surface area contributed by atoms with Gasteiger partial charge in [0, 0.05) is 6.04 Å². The zero-order valence-corrected chi connectivity index (χ0v) is 10.7. The predicted octanol–water partition coefficient (Wildman–Crippen LogP) is 2.36. The third-order valence-corrected chi connectivity index (χ3v) is 3.16. The van der Waals surface area contributed by atoms with Crippen molar-refractivity contribution < 1.29 is 13.9 Å². The van der Waals surface area contributed by atoms with Gasteiger partial charge in [-0.3, -0.25) is 5.32 Å². The Balaban J connectivity index is 2.30. The number of carbonyl (C=O) groups is 1. The summed E-state index contributed by atoms with van der Waals surface area (Å²) in [4.78, 5) is 12.1. The van der Waals surface area contributed by atoms with Crippen molar-refractivity contribution in [1.82, 2.24) is 5.32 Å². The van der Waals surface area contributed by atoms with Crippen LogP contribution in [0.25, 0.3) is 0 Å². The van der Waals surface area contributed by atoms with E-state index >= 15 is 0 Å². The first-order valence-electron chi connectivity index (χ1n) is 6.27. The predicted molar refractivity (Wildman–Crippen MR) is 66.5 cm³/mol. The van der Waals surface area contributed by atoms with Crippen LogP contribution in [-0.2, 0) is 15.1 Å². The molecule has 0 saturated heterocycles. The third kappa shape index (κ3) is 2.70. The van der Waals surface area contributed by atoms with Gasteiger partial charge in [0.2, 0.25) is 0 Å². The van der Waals surface area contributed by atoms with E-state index in [0.717, 1.165) is 12.8 Å². The lowest BCUT2D eigenvalue weighted by atomic mass is 9.91. The summed E-state index contributed by atoms with van der Waals surface area (Å²) >= 11 is 0. The molecular formula is C14H18FNO2. The number of esters is 1. The summed E-state index contributed by atoms with van der Waals surface area (Å²) in [5, 5.41) is 3.25. The lowest BCUT2D eigenvalue weighted by Gasteiger charge is -2.29. The Morgan fingerprint density at radius 1 is 1.56 bits per heavy atom. The molecule has 0 amide bonds. The average Bonchev–Trinajstić information content (AvgIpc) is 3.13. The maximum atomic E-state index is 13.3. The molecule has 2 rings (SSSR count). The minimum atomic E-state index is -0.973. The fourth-order valence-electron chi connectivity index (χ4n) is 1.97. The van der Waals surface area contributed by atoms with Gasteiger partial charge in [-0.05, 0) is 44.4 Å². The molecule has 4 heteroatoms. The molecule has 0 aromatic heterocycles. The van der Waals surface area contributed by atoms with E-state index in [2.05, 4.69) is 5.32 Å². The molecule has 0 spiro atoms. The second-order valence-electron chi connectivity index (χ2n) is 4.77. The van der Waals surface area contributed by atoms with Crippen molar-refractivity contribution in [2.24, 2.45) is 0 Å². The van der Waals surface area contributed by atoms with Crippen LogP contribution in [0.4, 0.5) is 4.39 Å². The van der Waals surface area contributed by atoms with Gasteiger partial charge in [-0.25, -0.2) is 9.18 Å². The van der Waals surface area contributed by atoms with E-state index in [-0.39, 0.29) is 11.8 Å². The molecule has 3 nitrogen and oxygen atoms in total. The van der Waals surface area contributed by atoms with Crippen LogP contribution < -0.4 is 5.32 Å². The van der Waals surface area contributed by atoms with Crippen molar-refractivity contribution in [3.8, 4) is 0 Å². The normalized spacial score (nSPS) is 18.2. The molecule has 0 bridgehead atoms. The van der Waals surface area contributed by atoms with E-state index in [4.69, 9.17) is 4.74 Å². The summed E-state index contributed by atoms with van der Waals surface area (Å²) in [7, 11) is 0. The van der Waals surface area contributed by atoms with Gasteiger partial charge in [0.15, 0.2) is 0 Å². The van der Waals surface area contributed by atoms with Crippen molar-refractivity contribution in [1.29, 1.82) is 0 Å². The van der Waals surface area contributed by atoms with Crippen LogP contribution in [-0.4, -0.2) is 18.6 Å². The molecule has 98 valence electrons. The largest absolute Gasteiger partial charge is 0.464 e. The Morgan fingerprint density at radius 2 is 2.28 bits per heavy atom. The van der Waals surface area contributed by atoms with Gasteiger partial charge in [-0.2, -0.15) is 0 Å². The summed E-state index contributed by atoms with van der Waals surface area (Å²) < 4.78 is 18.4. The molecule has 1 aromatic carbocycles. The van der Waals surface area contributed by atoms with E-state index in [1.165, 1.54) is 12.1 Å². The van der Waals surface area contributed by atoms with E-state index in [9.17, 15) is 9.18 Å². The summed E-state index contributed by atoms with van der Waals surface area (Å²) in [6, 6.07) is 6.42. The average molecular weight is 251 g/mol. The molecule has 0 aliphatic heterocycles. The quantitative estimate of drug-likeness (QED) is 0.816. The van der Waals surface area contributed by atoms with Crippen LogP contribution in [0.2, 0.25) is 0 Å². The number of hydrogen-bond acceptors (Lipinski definition) is 3. The van der Waals surface area contributed by atoms with E-state index < -0.39 is 5.54 Å². The maximum absolute atomic E-state index is 13.3. The molecule has 18 heavy (non-hydrogen) atoms. The number of benzene rings is 1. The van der Waals surface area contributed by atoms with E-state index in [0.29, 0.717) is 18.2 Å². The van der Waals surface area contributed by atoms with Crippen molar-refractivity contribution in [2.75, 3.05) is 6.61 Å². The number of rotatable bonds is 5. The molecule has 0 radical (unpaired) electrons. The first-order chi connectivity index (χ1) is 8.56. The topological polar surface area (TPSA) is 38.3 Å². The van der Waals surface area contributed by atoms with Crippen molar-refractivity contribution in [3.63, 3.8) is 0 Å². The van der Waals surface area contributed by atoms with Gasteiger partial charge >= 0.3 is 5.97 Å². The number of nitrogens with one attached hydrogen (secondary N) is 1. The molecule has 1 saturated carbocycles. The zero-order valence-electron chi connectivity index (χ0n) is 10.7. The van der Waals surface area contributed by atoms with Crippen LogP contribution in [0.15, 0.2) is 24.3 Å². The lowest BCUT2D eigenvalue weighted by Crippen LogP contribution is -2.48. The molecule has 1 atom stereocenters. The highest BCUT2D eigenvalue weighted by Crippen LogP contribution is 2.30. The van der Waals surface area contributed by atoms with Gasteiger partial charge < -0.3 is 4.74 Å². The highest BCUT2D eigenvalue weighted by Gasteiger charge is 2.41.